The van der Waals surface area contributed by atoms with E-state index in [1.165, 1.54) is 30.2 Å². The van der Waals surface area contributed by atoms with Crippen LogP contribution in [-0.4, -0.2) is 35.9 Å². The number of nitro groups is 1. The van der Waals surface area contributed by atoms with Crippen LogP contribution in [-0.2, 0) is 0 Å². The third-order valence-corrected chi connectivity index (χ3v) is 3.01. The molecule has 1 aromatic carbocycles. The van der Waals surface area contributed by atoms with Crippen molar-refractivity contribution in [3.8, 4) is 11.8 Å². The van der Waals surface area contributed by atoms with E-state index in [9.17, 15) is 14.9 Å². The molecule has 0 heterocycles. The Labute approximate surface area is 122 Å². The number of rotatable bonds is 6. The van der Waals surface area contributed by atoms with Gasteiger partial charge in [0, 0.05) is 19.2 Å². The maximum absolute atomic E-state index is 12.5. The predicted octanol–water partition coefficient (Wildman–Crippen LogP) is 2.23. The number of amides is 1. The van der Waals surface area contributed by atoms with Gasteiger partial charge in [-0.1, -0.05) is 6.07 Å². The summed E-state index contributed by atoms with van der Waals surface area (Å²) in [7, 11) is 1.29. The molecule has 7 nitrogen and oxygen atoms in total. The fourth-order valence-electron chi connectivity index (χ4n) is 1.95. The summed E-state index contributed by atoms with van der Waals surface area (Å²) in [6, 6.07) is 6.26. The molecule has 0 fully saturated rings. The number of nitriles is 1. The van der Waals surface area contributed by atoms with E-state index in [1.807, 2.05) is 0 Å². The molecule has 1 amide bonds. The van der Waals surface area contributed by atoms with Gasteiger partial charge < -0.3 is 9.64 Å². The molecule has 1 rings (SSSR count). The maximum Gasteiger partial charge on any atom is 0.311 e. The lowest BCUT2D eigenvalue weighted by Gasteiger charge is -2.22. The van der Waals surface area contributed by atoms with E-state index >= 15 is 0 Å². The van der Waals surface area contributed by atoms with Crippen molar-refractivity contribution >= 4 is 11.6 Å². The van der Waals surface area contributed by atoms with Gasteiger partial charge in [-0.15, -0.1) is 0 Å². The second-order valence-corrected chi connectivity index (χ2v) is 4.49. The minimum atomic E-state index is -0.593. The molecular formula is C14H17N3O4. The van der Waals surface area contributed by atoms with Crippen molar-refractivity contribution in [1.29, 1.82) is 5.26 Å². The molecule has 0 aliphatic carbocycles. The second-order valence-electron chi connectivity index (χ2n) is 4.49. The Kier molecular flexibility index (Phi) is 5.67. The fraction of sp³-hybridized carbons (Fsp3) is 0.429. The predicted molar refractivity (Wildman–Crippen MR) is 76.0 cm³/mol. The number of hydrogen-bond acceptors (Lipinski definition) is 5. The summed E-state index contributed by atoms with van der Waals surface area (Å²) in [6.45, 7) is 4.15. The molecule has 0 radical (unpaired) electrons. The van der Waals surface area contributed by atoms with Crippen LogP contribution in [0.15, 0.2) is 18.2 Å². The smallest absolute Gasteiger partial charge is 0.311 e. The van der Waals surface area contributed by atoms with E-state index in [4.69, 9.17) is 10.00 Å². The highest BCUT2D eigenvalue weighted by atomic mass is 16.6. The lowest BCUT2D eigenvalue weighted by molar-refractivity contribution is -0.385. The molecule has 21 heavy (non-hydrogen) atoms. The SMILES string of the molecule is CCN(CC(C)C#N)C(=O)c1cccc([N+](=O)[O-])c1OC. The molecule has 0 aliphatic heterocycles. The summed E-state index contributed by atoms with van der Waals surface area (Å²) in [5.41, 5.74) is -0.133. The average Bonchev–Trinajstić information content (AvgIpc) is 2.50. The van der Waals surface area contributed by atoms with Crippen molar-refractivity contribution in [2.45, 2.75) is 13.8 Å². The average molecular weight is 291 g/mol. The van der Waals surface area contributed by atoms with E-state index < -0.39 is 4.92 Å². The molecule has 0 spiro atoms. The molecule has 0 saturated carbocycles. The molecule has 1 atom stereocenters. The molecule has 0 bridgehead atoms. The minimum absolute atomic E-state index is 0.0597. The van der Waals surface area contributed by atoms with E-state index in [2.05, 4.69) is 6.07 Å². The topological polar surface area (TPSA) is 96.5 Å². The monoisotopic (exact) mass is 291 g/mol. The van der Waals surface area contributed by atoms with Gasteiger partial charge in [-0.25, -0.2) is 0 Å². The lowest BCUT2D eigenvalue weighted by Crippen LogP contribution is -2.34. The van der Waals surface area contributed by atoms with E-state index in [1.54, 1.807) is 13.8 Å². The van der Waals surface area contributed by atoms with Crippen molar-refractivity contribution in [1.82, 2.24) is 4.90 Å². The number of carbonyl (C=O) groups is 1. The van der Waals surface area contributed by atoms with Gasteiger partial charge >= 0.3 is 5.69 Å². The van der Waals surface area contributed by atoms with Crippen molar-refractivity contribution < 1.29 is 14.5 Å². The number of carbonyl (C=O) groups excluding carboxylic acids is 1. The standard InChI is InChI=1S/C14H17N3O4/c1-4-16(9-10(2)8-15)14(18)11-6-5-7-12(17(19)20)13(11)21-3/h5-7,10H,4,9H2,1-3H3. The van der Waals surface area contributed by atoms with Crippen molar-refractivity contribution in [2.75, 3.05) is 20.2 Å². The highest BCUT2D eigenvalue weighted by Crippen LogP contribution is 2.31. The minimum Gasteiger partial charge on any atom is -0.490 e. The van der Waals surface area contributed by atoms with E-state index in [-0.39, 0.29) is 35.4 Å². The Morgan fingerprint density at radius 1 is 1.57 bits per heavy atom. The quantitative estimate of drug-likeness (QED) is 0.591. The van der Waals surface area contributed by atoms with Gasteiger partial charge in [0.2, 0.25) is 5.75 Å². The Hall–Kier alpha value is -2.62. The van der Waals surface area contributed by atoms with Gasteiger partial charge in [-0.05, 0) is 19.9 Å². The molecule has 0 aliphatic rings. The summed E-state index contributed by atoms with van der Waals surface area (Å²) in [4.78, 5) is 24.3. The number of hydrogen-bond donors (Lipinski definition) is 0. The summed E-state index contributed by atoms with van der Waals surface area (Å²) < 4.78 is 5.03. The molecule has 1 unspecified atom stereocenters. The summed E-state index contributed by atoms with van der Waals surface area (Å²) in [5, 5.41) is 19.8. The third-order valence-electron chi connectivity index (χ3n) is 3.01. The van der Waals surface area contributed by atoms with Gasteiger partial charge in [-0.3, -0.25) is 14.9 Å². The van der Waals surface area contributed by atoms with Crippen LogP contribution in [0.5, 0.6) is 5.75 Å². The Balaban J connectivity index is 3.20. The highest BCUT2D eigenvalue weighted by molar-refractivity contribution is 5.98. The van der Waals surface area contributed by atoms with E-state index in [0.717, 1.165) is 0 Å². The normalized spacial score (nSPS) is 11.3. The first-order valence-corrected chi connectivity index (χ1v) is 6.46. The molecule has 0 N–H and O–H groups in total. The largest absolute Gasteiger partial charge is 0.490 e. The van der Waals surface area contributed by atoms with Crippen LogP contribution in [0.2, 0.25) is 0 Å². The molecule has 7 heteroatoms. The van der Waals surface area contributed by atoms with Gasteiger partial charge in [0.1, 0.15) is 0 Å². The number of nitro benzene ring substituents is 1. The molecule has 112 valence electrons. The van der Waals surface area contributed by atoms with Crippen LogP contribution in [0, 0.1) is 27.4 Å². The van der Waals surface area contributed by atoms with Crippen molar-refractivity contribution in [3.05, 3.63) is 33.9 Å². The molecule has 0 aromatic heterocycles. The van der Waals surface area contributed by atoms with Crippen molar-refractivity contribution in [2.24, 2.45) is 5.92 Å². The summed E-state index contributed by atoms with van der Waals surface area (Å²) in [5.74, 6) is -0.769. The number of para-hydroxylation sites is 1. The second kappa shape index (κ2) is 7.24. The van der Waals surface area contributed by atoms with Crippen molar-refractivity contribution in [3.63, 3.8) is 0 Å². The molecule has 1 aromatic rings. The van der Waals surface area contributed by atoms with Crippen LogP contribution in [0.25, 0.3) is 0 Å². The van der Waals surface area contributed by atoms with Crippen LogP contribution >= 0.6 is 0 Å². The van der Waals surface area contributed by atoms with Crippen LogP contribution in [0.1, 0.15) is 24.2 Å². The Bertz CT molecular complexity index is 580. The van der Waals surface area contributed by atoms with Crippen LogP contribution in [0.3, 0.4) is 0 Å². The summed E-state index contributed by atoms with van der Waals surface area (Å²) in [6.07, 6.45) is 0. The zero-order valence-electron chi connectivity index (χ0n) is 12.2. The van der Waals surface area contributed by atoms with Gasteiger partial charge in [0.15, 0.2) is 0 Å². The maximum atomic E-state index is 12.5. The Morgan fingerprint density at radius 2 is 2.24 bits per heavy atom. The number of ether oxygens (including phenoxy) is 1. The van der Waals surface area contributed by atoms with Crippen LogP contribution in [0.4, 0.5) is 5.69 Å². The van der Waals surface area contributed by atoms with Gasteiger partial charge in [0.05, 0.1) is 29.6 Å². The first kappa shape index (κ1) is 16.4. The molecular weight excluding hydrogens is 274 g/mol. The fourth-order valence-corrected chi connectivity index (χ4v) is 1.95. The zero-order chi connectivity index (χ0) is 16.0. The Morgan fingerprint density at radius 3 is 2.71 bits per heavy atom. The number of methoxy groups -OCH3 is 1. The number of nitrogens with zero attached hydrogens (tertiary/aromatic N) is 3. The number of benzene rings is 1. The zero-order valence-corrected chi connectivity index (χ0v) is 12.2. The highest BCUT2D eigenvalue weighted by Gasteiger charge is 2.25. The third kappa shape index (κ3) is 3.69. The van der Waals surface area contributed by atoms with E-state index in [0.29, 0.717) is 6.54 Å². The first-order chi connectivity index (χ1) is 9.96. The van der Waals surface area contributed by atoms with Gasteiger partial charge in [0.25, 0.3) is 5.91 Å². The molecule has 0 saturated heterocycles. The van der Waals surface area contributed by atoms with Gasteiger partial charge in [-0.2, -0.15) is 5.26 Å². The van der Waals surface area contributed by atoms with Crippen LogP contribution < -0.4 is 4.74 Å². The summed E-state index contributed by atoms with van der Waals surface area (Å²) >= 11 is 0. The lowest BCUT2D eigenvalue weighted by atomic mass is 10.1. The first-order valence-electron chi connectivity index (χ1n) is 6.46.